The lowest BCUT2D eigenvalue weighted by atomic mass is 10.2. The zero-order valence-electron chi connectivity index (χ0n) is 11.7. The summed E-state index contributed by atoms with van der Waals surface area (Å²) in [5, 5.41) is 5.93. The van der Waals surface area contributed by atoms with Crippen LogP contribution in [0.15, 0.2) is 6.07 Å². The van der Waals surface area contributed by atoms with Gasteiger partial charge in [-0.05, 0) is 12.8 Å². The number of hydrogen-bond acceptors (Lipinski definition) is 6. The largest absolute Gasteiger partial charge is 0.369 e. The molecule has 7 heteroatoms. The third-order valence-corrected chi connectivity index (χ3v) is 2.35. The summed E-state index contributed by atoms with van der Waals surface area (Å²) in [6, 6.07) is 1.80. The van der Waals surface area contributed by atoms with Crippen LogP contribution in [0.2, 0.25) is 0 Å². The van der Waals surface area contributed by atoms with E-state index in [9.17, 15) is 4.79 Å². The molecule has 1 heterocycles. The number of nitrogens with two attached hydrogens (primary N) is 1. The van der Waals surface area contributed by atoms with Gasteiger partial charge in [0.2, 0.25) is 11.9 Å². The molecule has 106 valence electrons. The van der Waals surface area contributed by atoms with Crippen LogP contribution >= 0.6 is 0 Å². The predicted octanol–water partition coefficient (Wildman–Crippen LogP) is 0.645. The van der Waals surface area contributed by atoms with Gasteiger partial charge in [0.25, 0.3) is 0 Å². The Morgan fingerprint density at radius 2 is 2.16 bits per heavy atom. The first-order valence-electron chi connectivity index (χ1n) is 6.34. The number of aromatic nitrogens is 2. The van der Waals surface area contributed by atoms with Crippen molar-refractivity contribution in [3.05, 3.63) is 11.8 Å². The molecular weight excluding hydrogens is 244 g/mol. The Morgan fingerprint density at radius 3 is 2.79 bits per heavy atom. The first-order chi connectivity index (χ1) is 9.01. The van der Waals surface area contributed by atoms with Crippen molar-refractivity contribution < 1.29 is 4.79 Å². The summed E-state index contributed by atoms with van der Waals surface area (Å²) in [7, 11) is 0. The quantitative estimate of drug-likeness (QED) is 0.426. The van der Waals surface area contributed by atoms with Gasteiger partial charge in [-0.1, -0.05) is 13.8 Å². The Kier molecular flexibility index (Phi) is 6.01. The number of hydrazine groups is 1. The van der Waals surface area contributed by atoms with E-state index in [0.29, 0.717) is 37.2 Å². The van der Waals surface area contributed by atoms with Gasteiger partial charge in [0, 0.05) is 31.3 Å². The van der Waals surface area contributed by atoms with Crippen LogP contribution in [0.25, 0.3) is 0 Å². The SMILES string of the molecule is Cc1cc(NCCC(=O)NCC(C)C)nc(NN)n1. The van der Waals surface area contributed by atoms with E-state index in [2.05, 4.69) is 39.9 Å². The normalized spacial score (nSPS) is 10.4. The van der Waals surface area contributed by atoms with Gasteiger partial charge in [0.15, 0.2) is 0 Å². The minimum absolute atomic E-state index is 0.0316. The van der Waals surface area contributed by atoms with Crippen molar-refractivity contribution in [1.82, 2.24) is 15.3 Å². The average molecular weight is 266 g/mol. The highest BCUT2D eigenvalue weighted by atomic mass is 16.1. The number of carbonyl (C=O) groups excluding carboxylic acids is 1. The predicted molar refractivity (Wildman–Crippen MR) is 75.5 cm³/mol. The van der Waals surface area contributed by atoms with Gasteiger partial charge in [-0.15, -0.1) is 0 Å². The Labute approximate surface area is 113 Å². The van der Waals surface area contributed by atoms with Crippen LogP contribution in [0.5, 0.6) is 0 Å². The molecule has 0 saturated heterocycles. The molecule has 1 aromatic rings. The topological polar surface area (TPSA) is 105 Å². The van der Waals surface area contributed by atoms with E-state index in [4.69, 9.17) is 5.84 Å². The number of carbonyl (C=O) groups is 1. The van der Waals surface area contributed by atoms with Gasteiger partial charge < -0.3 is 10.6 Å². The van der Waals surface area contributed by atoms with Crippen LogP contribution in [-0.2, 0) is 4.79 Å². The van der Waals surface area contributed by atoms with Crippen LogP contribution in [0, 0.1) is 12.8 Å². The lowest BCUT2D eigenvalue weighted by Gasteiger charge is -2.09. The Morgan fingerprint density at radius 1 is 1.42 bits per heavy atom. The minimum Gasteiger partial charge on any atom is -0.369 e. The fourth-order valence-corrected chi connectivity index (χ4v) is 1.43. The summed E-state index contributed by atoms with van der Waals surface area (Å²) < 4.78 is 0. The molecular formula is C12H22N6O. The molecule has 0 bridgehead atoms. The Bertz CT molecular complexity index is 421. The first kappa shape index (κ1) is 15.2. The van der Waals surface area contributed by atoms with E-state index >= 15 is 0 Å². The molecule has 0 unspecified atom stereocenters. The highest BCUT2D eigenvalue weighted by molar-refractivity contribution is 5.76. The van der Waals surface area contributed by atoms with Gasteiger partial charge in [0.05, 0.1) is 0 Å². The standard InChI is InChI=1S/C12H22N6O/c1-8(2)7-15-11(19)4-5-14-10-6-9(3)16-12(17-10)18-13/h6,8H,4-5,7,13H2,1-3H3,(H,15,19)(H2,14,16,17,18). The number of rotatable bonds is 7. The van der Waals surface area contributed by atoms with E-state index in [1.165, 1.54) is 0 Å². The summed E-state index contributed by atoms with van der Waals surface area (Å²) >= 11 is 0. The number of aryl methyl sites for hydroxylation is 1. The Balaban J connectivity index is 2.36. The van der Waals surface area contributed by atoms with E-state index in [-0.39, 0.29) is 5.91 Å². The van der Waals surface area contributed by atoms with Crippen LogP contribution in [0.4, 0.5) is 11.8 Å². The number of nitrogen functional groups attached to an aromatic ring is 1. The summed E-state index contributed by atoms with van der Waals surface area (Å²) in [5.74, 6) is 6.76. The zero-order valence-corrected chi connectivity index (χ0v) is 11.7. The first-order valence-corrected chi connectivity index (χ1v) is 6.34. The molecule has 19 heavy (non-hydrogen) atoms. The van der Waals surface area contributed by atoms with Crippen LogP contribution in [-0.4, -0.2) is 29.0 Å². The molecule has 0 fully saturated rings. The maximum absolute atomic E-state index is 11.5. The van der Waals surface area contributed by atoms with E-state index in [1.54, 1.807) is 6.07 Å². The average Bonchev–Trinajstić information content (AvgIpc) is 2.35. The fraction of sp³-hybridized carbons (Fsp3) is 0.583. The van der Waals surface area contributed by atoms with Crippen LogP contribution in [0.1, 0.15) is 26.0 Å². The van der Waals surface area contributed by atoms with Gasteiger partial charge >= 0.3 is 0 Å². The van der Waals surface area contributed by atoms with E-state index in [0.717, 1.165) is 5.69 Å². The lowest BCUT2D eigenvalue weighted by molar-refractivity contribution is -0.120. The number of hydrogen-bond donors (Lipinski definition) is 4. The molecule has 0 aliphatic rings. The zero-order chi connectivity index (χ0) is 14.3. The lowest BCUT2D eigenvalue weighted by Crippen LogP contribution is -2.28. The molecule has 5 N–H and O–H groups in total. The highest BCUT2D eigenvalue weighted by Gasteiger charge is 2.04. The number of amides is 1. The Hall–Kier alpha value is -1.89. The van der Waals surface area contributed by atoms with E-state index in [1.807, 2.05) is 6.92 Å². The molecule has 1 rings (SSSR count). The fourth-order valence-electron chi connectivity index (χ4n) is 1.43. The third kappa shape index (κ3) is 6.01. The number of nitrogens with zero attached hydrogens (tertiary/aromatic N) is 2. The van der Waals surface area contributed by atoms with Crippen molar-refractivity contribution in [1.29, 1.82) is 0 Å². The van der Waals surface area contributed by atoms with Gasteiger partial charge in [-0.2, -0.15) is 4.98 Å². The maximum Gasteiger partial charge on any atom is 0.239 e. The molecule has 0 saturated carbocycles. The molecule has 0 spiro atoms. The second-order valence-electron chi connectivity index (χ2n) is 4.74. The molecule has 1 amide bonds. The summed E-state index contributed by atoms with van der Waals surface area (Å²) in [5.41, 5.74) is 3.20. The summed E-state index contributed by atoms with van der Waals surface area (Å²) in [6.45, 7) is 7.19. The molecule has 0 aliphatic carbocycles. The van der Waals surface area contributed by atoms with Crippen molar-refractivity contribution in [2.75, 3.05) is 23.8 Å². The summed E-state index contributed by atoms with van der Waals surface area (Å²) in [4.78, 5) is 19.7. The second kappa shape index (κ2) is 7.52. The van der Waals surface area contributed by atoms with Gasteiger partial charge in [0.1, 0.15) is 5.82 Å². The molecule has 0 atom stereocenters. The van der Waals surface area contributed by atoms with Crippen molar-refractivity contribution in [3.63, 3.8) is 0 Å². The van der Waals surface area contributed by atoms with Gasteiger partial charge in [-0.3, -0.25) is 10.2 Å². The number of anilines is 2. The molecule has 0 aromatic carbocycles. The second-order valence-corrected chi connectivity index (χ2v) is 4.74. The molecule has 0 radical (unpaired) electrons. The smallest absolute Gasteiger partial charge is 0.239 e. The highest BCUT2D eigenvalue weighted by Crippen LogP contribution is 2.08. The van der Waals surface area contributed by atoms with Gasteiger partial charge in [-0.25, -0.2) is 10.8 Å². The minimum atomic E-state index is 0.0316. The van der Waals surface area contributed by atoms with Crippen molar-refractivity contribution in [3.8, 4) is 0 Å². The van der Waals surface area contributed by atoms with E-state index < -0.39 is 0 Å². The maximum atomic E-state index is 11.5. The third-order valence-electron chi connectivity index (χ3n) is 2.35. The van der Waals surface area contributed by atoms with Crippen LogP contribution in [0.3, 0.4) is 0 Å². The molecule has 0 aliphatic heterocycles. The summed E-state index contributed by atoms with van der Waals surface area (Å²) in [6.07, 6.45) is 0.404. The van der Waals surface area contributed by atoms with Crippen LogP contribution < -0.4 is 21.9 Å². The number of nitrogens with one attached hydrogen (secondary N) is 3. The van der Waals surface area contributed by atoms with Crippen molar-refractivity contribution in [2.24, 2.45) is 11.8 Å². The monoisotopic (exact) mass is 266 g/mol. The van der Waals surface area contributed by atoms with Crippen molar-refractivity contribution in [2.45, 2.75) is 27.2 Å². The molecule has 1 aromatic heterocycles. The molecule has 7 nitrogen and oxygen atoms in total. The van der Waals surface area contributed by atoms with Crippen molar-refractivity contribution >= 4 is 17.7 Å².